The third-order valence-corrected chi connectivity index (χ3v) is 7.90. The zero-order valence-corrected chi connectivity index (χ0v) is 25.7. The van der Waals surface area contributed by atoms with Crippen LogP contribution in [0, 0.1) is 0 Å². The van der Waals surface area contributed by atoms with Gasteiger partial charge in [-0.25, -0.2) is 9.59 Å². The topological polar surface area (TPSA) is 112 Å². The summed E-state index contributed by atoms with van der Waals surface area (Å²) < 4.78 is 10.1. The van der Waals surface area contributed by atoms with Crippen molar-refractivity contribution < 1.29 is 28.7 Å². The van der Waals surface area contributed by atoms with Crippen molar-refractivity contribution in [3.05, 3.63) is 59.7 Å². The fourth-order valence-electron chi connectivity index (χ4n) is 5.11. The predicted molar refractivity (Wildman–Crippen MR) is 167 cm³/mol. The monoisotopic (exact) mass is 609 g/mol. The number of thiocarbonyl (C=S) groups is 1. The Kier molecular flexibility index (Phi) is 11.2. The van der Waals surface area contributed by atoms with Gasteiger partial charge in [-0.1, -0.05) is 0 Å². The summed E-state index contributed by atoms with van der Waals surface area (Å²) >= 11 is 5.80. The van der Waals surface area contributed by atoms with E-state index in [9.17, 15) is 19.2 Å². The van der Waals surface area contributed by atoms with Crippen LogP contribution in [0.2, 0.25) is 0 Å². The summed E-state index contributed by atoms with van der Waals surface area (Å²) in [5, 5.41) is 3.15. The van der Waals surface area contributed by atoms with E-state index in [1.54, 1.807) is 62.4 Å². The smallest absolute Gasteiger partial charge is 0.338 e. The number of rotatable bonds is 12. The first-order valence-electron chi connectivity index (χ1n) is 14.6. The van der Waals surface area contributed by atoms with Gasteiger partial charge in [-0.15, -0.1) is 0 Å². The van der Waals surface area contributed by atoms with E-state index in [0.29, 0.717) is 34.2 Å². The van der Waals surface area contributed by atoms with Gasteiger partial charge in [0.2, 0.25) is 5.91 Å². The molecular formula is C31H39N5O6S. The molecule has 0 bridgehead atoms. The number of likely N-dealkylation sites (N-methyl/N-ethyl adjacent to an activating group) is 1. The van der Waals surface area contributed by atoms with Crippen LogP contribution in [0.1, 0.15) is 47.4 Å². The van der Waals surface area contributed by atoms with E-state index in [2.05, 4.69) is 22.2 Å². The van der Waals surface area contributed by atoms with Crippen molar-refractivity contribution in [3.8, 4) is 0 Å². The molecule has 11 nitrogen and oxygen atoms in total. The zero-order chi connectivity index (χ0) is 30.9. The molecule has 2 saturated heterocycles. The maximum atomic E-state index is 13.8. The van der Waals surface area contributed by atoms with Gasteiger partial charge in [0.05, 0.1) is 36.4 Å². The van der Waals surface area contributed by atoms with Gasteiger partial charge in [0.15, 0.2) is 5.11 Å². The number of amides is 2. The Bertz CT molecular complexity index is 1310. The Hall–Kier alpha value is -3.87. The van der Waals surface area contributed by atoms with Gasteiger partial charge in [-0.05, 0) is 94.6 Å². The van der Waals surface area contributed by atoms with Crippen LogP contribution in [0.5, 0.6) is 0 Å². The largest absolute Gasteiger partial charge is 0.462 e. The number of hydrogen-bond donors (Lipinski definition) is 1. The fraction of sp³-hybridized carbons (Fsp3) is 0.452. The minimum Gasteiger partial charge on any atom is -0.462 e. The van der Waals surface area contributed by atoms with Gasteiger partial charge in [-0.3, -0.25) is 14.5 Å². The molecule has 0 unspecified atom stereocenters. The van der Waals surface area contributed by atoms with E-state index < -0.39 is 18.0 Å². The summed E-state index contributed by atoms with van der Waals surface area (Å²) in [7, 11) is 2.11. The Labute approximate surface area is 257 Å². The number of nitrogens with zero attached hydrogens (tertiary/aromatic N) is 4. The van der Waals surface area contributed by atoms with Crippen LogP contribution in [0.4, 0.5) is 11.4 Å². The zero-order valence-electron chi connectivity index (χ0n) is 24.9. The first-order valence-corrected chi connectivity index (χ1v) is 15.0. The molecular weight excluding hydrogens is 570 g/mol. The number of esters is 2. The van der Waals surface area contributed by atoms with Crippen molar-refractivity contribution >= 4 is 52.5 Å². The summed E-state index contributed by atoms with van der Waals surface area (Å²) in [6.45, 7) is 9.38. The molecule has 230 valence electrons. The van der Waals surface area contributed by atoms with Crippen LogP contribution >= 0.6 is 12.2 Å². The number of piperazine rings is 1. The van der Waals surface area contributed by atoms with Gasteiger partial charge in [0.1, 0.15) is 6.04 Å². The minimum absolute atomic E-state index is 0.107. The highest BCUT2D eigenvalue weighted by atomic mass is 32.1. The number of carbonyl (C=O) groups excluding carboxylic acids is 4. The van der Waals surface area contributed by atoms with Gasteiger partial charge < -0.3 is 29.5 Å². The molecule has 0 aliphatic carbocycles. The normalized spacial score (nSPS) is 17.7. The molecule has 1 N–H and O–H groups in total. The van der Waals surface area contributed by atoms with E-state index in [-0.39, 0.29) is 31.4 Å². The Balaban J connectivity index is 1.47. The molecule has 2 aliphatic heterocycles. The molecule has 0 radical (unpaired) electrons. The second-order valence-corrected chi connectivity index (χ2v) is 10.8. The lowest BCUT2D eigenvalue weighted by Gasteiger charge is -2.33. The highest BCUT2D eigenvalue weighted by Gasteiger charge is 2.44. The van der Waals surface area contributed by atoms with Crippen molar-refractivity contribution in [1.29, 1.82) is 0 Å². The summed E-state index contributed by atoms with van der Waals surface area (Å²) in [4.78, 5) is 59.0. The number of anilines is 2. The summed E-state index contributed by atoms with van der Waals surface area (Å²) in [6.07, 6.45) is 0.671. The quantitative estimate of drug-likeness (QED) is 0.285. The lowest BCUT2D eigenvalue weighted by atomic mass is 10.1. The molecule has 4 rings (SSSR count). The molecule has 1 atom stereocenters. The number of ether oxygens (including phenoxy) is 2. The predicted octanol–water partition coefficient (Wildman–Crippen LogP) is 3.01. The fourth-order valence-corrected chi connectivity index (χ4v) is 5.53. The summed E-state index contributed by atoms with van der Waals surface area (Å²) in [5.41, 5.74) is 1.77. The second-order valence-electron chi connectivity index (χ2n) is 10.5. The van der Waals surface area contributed by atoms with Crippen LogP contribution < -0.4 is 10.2 Å². The highest BCUT2D eigenvalue weighted by Crippen LogP contribution is 2.28. The molecule has 2 aromatic rings. The van der Waals surface area contributed by atoms with Crippen molar-refractivity contribution in [2.45, 2.75) is 32.7 Å². The van der Waals surface area contributed by atoms with Crippen LogP contribution in [0.3, 0.4) is 0 Å². The van der Waals surface area contributed by atoms with Crippen LogP contribution in [0.15, 0.2) is 48.5 Å². The number of nitrogens with one attached hydrogen (secondary N) is 1. The Morgan fingerprint density at radius 3 is 1.98 bits per heavy atom. The second kappa shape index (κ2) is 15.0. The molecule has 2 aromatic carbocycles. The molecule has 12 heteroatoms. The van der Waals surface area contributed by atoms with Crippen molar-refractivity contribution in [2.24, 2.45) is 0 Å². The van der Waals surface area contributed by atoms with Crippen LogP contribution in [-0.4, -0.2) is 109 Å². The molecule has 0 aromatic heterocycles. The number of benzene rings is 2. The van der Waals surface area contributed by atoms with Crippen molar-refractivity contribution in [2.75, 3.05) is 69.7 Å². The number of carbonyl (C=O) groups is 4. The lowest BCUT2D eigenvalue weighted by Crippen LogP contribution is -2.45. The van der Waals surface area contributed by atoms with Crippen molar-refractivity contribution in [3.63, 3.8) is 0 Å². The lowest BCUT2D eigenvalue weighted by molar-refractivity contribution is -0.124. The maximum absolute atomic E-state index is 13.8. The standard InChI is InChI=1S/C31H39N5O6S/c1-4-41-29(39)22-7-11-24(12-8-22)32-27(37)21-26-28(38)36(25-13-9-23(10-14-25)30(40)42-5-2)31(43)35(26)16-6-15-34-19-17-33(3)18-20-34/h7-14,26H,4-6,15-21H2,1-3H3,(H,32,37)/t26-/m0/s1. The Morgan fingerprint density at radius 1 is 0.860 bits per heavy atom. The highest BCUT2D eigenvalue weighted by molar-refractivity contribution is 7.80. The van der Waals surface area contributed by atoms with E-state index in [0.717, 1.165) is 39.1 Å². The van der Waals surface area contributed by atoms with Gasteiger partial charge >= 0.3 is 11.9 Å². The Morgan fingerprint density at radius 2 is 1.42 bits per heavy atom. The minimum atomic E-state index is -0.788. The molecule has 0 saturated carbocycles. The first-order chi connectivity index (χ1) is 20.7. The van der Waals surface area contributed by atoms with Gasteiger partial charge in [0.25, 0.3) is 5.91 Å². The third kappa shape index (κ3) is 8.15. The van der Waals surface area contributed by atoms with Crippen LogP contribution in [-0.2, 0) is 19.1 Å². The molecule has 2 heterocycles. The maximum Gasteiger partial charge on any atom is 0.338 e. The average Bonchev–Trinajstić information content (AvgIpc) is 3.22. The van der Waals surface area contributed by atoms with Gasteiger partial charge in [0, 0.05) is 38.4 Å². The molecule has 43 heavy (non-hydrogen) atoms. The van der Waals surface area contributed by atoms with Crippen molar-refractivity contribution in [1.82, 2.24) is 14.7 Å². The molecule has 2 aliphatic rings. The molecule has 2 amide bonds. The van der Waals surface area contributed by atoms with E-state index >= 15 is 0 Å². The van der Waals surface area contributed by atoms with E-state index in [1.165, 1.54) is 4.90 Å². The number of hydrogen-bond acceptors (Lipinski definition) is 9. The first kappa shape index (κ1) is 32.1. The summed E-state index contributed by atoms with van der Waals surface area (Å²) in [5.74, 6) is -1.54. The van der Waals surface area contributed by atoms with E-state index in [1.807, 2.05) is 4.90 Å². The third-order valence-electron chi connectivity index (χ3n) is 7.48. The van der Waals surface area contributed by atoms with Gasteiger partial charge in [-0.2, -0.15) is 0 Å². The van der Waals surface area contributed by atoms with E-state index in [4.69, 9.17) is 21.7 Å². The average molecular weight is 610 g/mol. The molecule has 0 spiro atoms. The summed E-state index contributed by atoms with van der Waals surface area (Å²) in [6, 6.07) is 12.1. The SMILES string of the molecule is CCOC(=O)c1ccc(NC(=O)C[C@H]2C(=O)N(c3ccc(C(=O)OCC)cc3)C(=S)N2CCCN2CCN(C)CC2)cc1. The molecule has 2 fully saturated rings. The van der Waals surface area contributed by atoms with Crippen LogP contribution in [0.25, 0.3) is 0 Å².